The summed E-state index contributed by atoms with van der Waals surface area (Å²) in [5.74, 6) is 0.814. The Bertz CT molecular complexity index is 1140. The number of azo groups is 1. The number of Topliss-reactive ketones (excluding diaryl/α,β-unsaturated/α-hetero) is 1. The lowest BCUT2D eigenvalue weighted by atomic mass is 9.59. The molecule has 0 fully saturated rings. The molecule has 0 saturated heterocycles. The zero-order valence-electron chi connectivity index (χ0n) is 17.9. The second-order valence-electron chi connectivity index (χ2n) is 9.08. The van der Waals surface area contributed by atoms with E-state index in [1.54, 1.807) is 18.5 Å². The molecule has 1 aromatic carbocycles. The van der Waals surface area contributed by atoms with Crippen LogP contribution in [0, 0.1) is 5.41 Å². The summed E-state index contributed by atoms with van der Waals surface area (Å²) < 4.78 is 5.90. The van der Waals surface area contributed by atoms with Gasteiger partial charge in [-0.25, -0.2) is 9.97 Å². The third-order valence-electron chi connectivity index (χ3n) is 6.39. The van der Waals surface area contributed by atoms with Crippen LogP contribution in [0.1, 0.15) is 45.6 Å². The van der Waals surface area contributed by atoms with Crippen molar-refractivity contribution in [1.82, 2.24) is 15.3 Å². The number of benzene rings is 1. The van der Waals surface area contributed by atoms with E-state index >= 15 is 0 Å². The SMILES string of the molecule is CC[C@]1(c2cccc(Oc3ncccn3)c2)C2=CN=NC2NC2=C1C(=O)CC(C)(C)C2. The minimum Gasteiger partial charge on any atom is -0.424 e. The molecule has 5 rings (SSSR count). The topological polar surface area (TPSA) is 88.8 Å². The minimum atomic E-state index is -0.598. The number of nitrogens with one attached hydrogen (secondary N) is 1. The molecule has 31 heavy (non-hydrogen) atoms. The van der Waals surface area contributed by atoms with Gasteiger partial charge in [0.05, 0.1) is 11.6 Å². The lowest BCUT2D eigenvalue weighted by Crippen LogP contribution is -2.51. The van der Waals surface area contributed by atoms with Gasteiger partial charge in [0.15, 0.2) is 11.9 Å². The van der Waals surface area contributed by atoms with Crippen molar-refractivity contribution in [2.24, 2.45) is 15.6 Å². The highest BCUT2D eigenvalue weighted by atomic mass is 16.5. The van der Waals surface area contributed by atoms with Crippen LogP contribution in [0.25, 0.3) is 0 Å². The van der Waals surface area contributed by atoms with Crippen molar-refractivity contribution in [1.29, 1.82) is 0 Å². The summed E-state index contributed by atoms with van der Waals surface area (Å²) in [5, 5.41) is 12.1. The average molecular weight is 415 g/mol. The predicted octanol–water partition coefficient (Wildman–Crippen LogP) is 4.84. The van der Waals surface area contributed by atoms with Gasteiger partial charge in [-0.2, -0.15) is 10.2 Å². The van der Waals surface area contributed by atoms with Crippen molar-refractivity contribution in [2.75, 3.05) is 0 Å². The first-order chi connectivity index (χ1) is 14.9. The smallest absolute Gasteiger partial charge is 0.321 e. The van der Waals surface area contributed by atoms with Crippen LogP contribution in [0.15, 0.2) is 76.0 Å². The molecule has 2 aromatic rings. The number of allylic oxidation sites excluding steroid dienone is 2. The van der Waals surface area contributed by atoms with E-state index in [2.05, 4.69) is 52.4 Å². The third kappa shape index (κ3) is 3.15. The molecule has 1 aliphatic carbocycles. The molecule has 0 radical (unpaired) electrons. The number of rotatable bonds is 4. The van der Waals surface area contributed by atoms with Crippen LogP contribution in [-0.2, 0) is 10.2 Å². The fraction of sp³-hybridized carbons (Fsp3) is 0.375. The Kier molecular flexibility index (Phi) is 4.50. The highest BCUT2D eigenvalue weighted by Gasteiger charge is 2.53. The summed E-state index contributed by atoms with van der Waals surface area (Å²) >= 11 is 0. The van der Waals surface area contributed by atoms with Gasteiger partial charge < -0.3 is 10.1 Å². The van der Waals surface area contributed by atoms with Crippen LogP contribution in [0.2, 0.25) is 0 Å². The Morgan fingerprint density at radius 3 is 2.74 bits per heavy atom. The molecule has 158 valence electrons. The van der Waals surface area contributed by atoms with E-state index in [0.29, 0.717) is 12.2 Å². The molecule has 0 amide bonds. The van der Waals surface area contributed by atoms with Gasteiger partial charge in [-0.3, -0.25) is 4.79 Å². The number of ketones is 1. The zero-order chi connectivity index (χ0) is 21.6. The molecular formula is C24H25N5O2. The molecule has 0 bridgehead atoms. The van der Waals surface area contributed by atoms with Gasteiger partial charge >= 0.3 is 6.01 Å². The first kappa shape index (κ1) is 19.6. The van der Waals surface area contributed by atoms with Crippen LogP contribution in [-0.4, -0.2) is 21.9 Å². The maximum Gasteiger partial charge on any atom is 0.321 e. The lowest BCUT2D eigenvalue weighted by molar-refractivity contribution is -0.119. The van der Waals surface area contributed by atoms with Crippen LogP contribution < -0.4 is 10.1 Å². The van der Waals surface area contributed by atoms with Crippen molar-refractivity contribution in [3.05, 3.63) is 71.3 Å². The Balaban J connectivity index is 1.66. The third-order valence-corrected chi connectivity index (χ3v) is 6.39. The van der Waals surface area contributed by atoms with Gasteiger partial charge in [0, 0.05) is 35.7 Å². The maximum absolute atomic E-state index is 13.5. The Hall–Kier alpha value is -3.35. The summed E-state index contributed by atoms with van der Waals surface area (Å²) in [4.78, 5) is 21.8. The predicted molar refractivity (Wildman–Crippen MR) is 115 cm³/mol. The summed E-state index contributed by atoms with van der Waals surface area (Å²) in [6, 6.07) is 9.90. The number of carbonyl (C=O) groups is 1. The normalized spacial score (nSPS) is 26.1. The minimum absolute atomic E-state index is 0.0883. The van der Waals surface area contributed by atoms with E-state index in [0.717, 1.165) is 35.2 Å². The highest BCUT2D eigenvalue weighted by Crippen LogP contribution is 2.54. The number of fused-ring (bicyclic) bond motifs is 1. The van der Waals surface area contributed by atoms with Crippen LogP contribution in [0.5, 0.6) is 11.8 Å². The van der Waals surface area contributed by atoms with Crippen LogP contribution in [0.3, 0.4) is 0 Å². The van der Waals surface area contributed by atoms with Crippen molar-refractivity contribution >= 4 is 5.78 Å². The number of hydrogen-bond donors (Lipinski definition) is 1. The Morgan fingerprint density at radius 1 is 1.16 bits per heavy atom. The van der Waals surface area contributed by atoms with E-state index in [9.17, 15) is 4.79 Å². The second-order valence-corrected chi connectivity index (χ2v) is 9.08. The molecule has 3 aliphatic rings. The standard InChI is InChI=1S/C24H25N5O2/c1-4-24(15-7-5-8-16(11-15)31-22-25-9-6-10-26-22)17-14-27-29-21(17)28-18-12-23(2,3)13-19(30)20(18)24/h5-11,14,21,28H,4,12-13H2,1-3H3/t21?,24-/m0/s1. The molecule has 2 aliphatic heterocycles. The first-order valence-corrected chi connectivity index (χ1v) is 10.6. The molecule has 7 nitrogen and oxygen atoms in total. The number of ether oxygens (including phenoxy) is 1. The van der Waals surface area contributed by atoms with Crippen molar-refractivity contribution in [2.45, 2.75) is 51.6 Å². The fourth-order valence-corrected chi connectivity index (χ4v) is 5.16. The van der Waals surface area contributed by atoms with Crippen molar-refractivity contribution < 1.29 is 9.53 Å². The summed E-state index contributed by atoms with van der Waals surface area (Å²) in [5.41, 5.74) is 3.15. The molecule has 1 unspecified atom stereocenters. The maximum atomic E-state index is 13.5. The van der Waals surface area contributed by atoms with Crippen LogP contribution >= 0.6 is 0 Å². The van der Waals surface area contributed by atoms with Gasteiger partial charge in [-0.15, -0.1) is 0 Å². The van der Waals surface area contributed by atoms with Crippen molar-refractivity contribution in [3.8, 4) is 11.8 Å². The van der Waals surface area contributed by atoms with Crippen LogP contribution in [0.4, 0.5) is 0 Å². The number of carbonyl (C=O) groups excluding carboxylic acids is 1. The Morgan fingerprint density at radius 2 is 1.97 bits per heavy atom. The van der Waals surface area contributed by atoms with E-state index < -0.39 is 5.41 Å². The number of hydrogen-bond acceptors (Lipinski definition) is 7. The summed E-state index contributed by atoms with van der Waals surface area (Å²) in [6.45, 7) is 6.40. The monoisotopic (exact) mass is 415 g/mol. The average Bonchev–Trinajstić information content (AvgIpc) is 3.21. The second kappa shape index (κ2) is 7.11. The lowest BCUT2D eigenvalue weighted by Gasteiger charge is -2.47. The summed E-state index contributed by atoms with van der Waals surface area (Å²) in [7, 11) is 0. The van der Waals surface area contributed by atoms with E-state index in [-0.39, 0.29) is 23.4 Å². The molecular weight excluding hydrogens is 390 g/mol. The van der Waals surface area contributed by atoms with Gasteiger partial charge in [0.2, 0.25) is 0 Å². The molecule has 1 aromatic heterocycles. The molecule has 0 spiro atoms. The van der Waals surface area contributed by atoms with Gasteiger partial charge in [0.1, 0.15) is 5.75 Å². The zero-order valence-corrected chi connectivity index (χ0v) is 17.9. The molecule has 7 heteroatoms. The molecule has 0 saturated carbocycles. The number of nitrogens with zero attached hydrogens (tertiary/aromatic N) is 4. The Labute approximate surface area is 181 Å². The van der Waals surface area contributed by atoms with E-state index in [1.807, 2.05) is 24.4 Å². The first-order valence-electron chi connectivity index (χ1n) is 10.6. The van der Waals surface area contributed by atoms with Gasteiger partial charge in [-0.05, 0) is 42.0 Å². The summed E-state index contributed by atoms with van der Waals surface area (Å²) in [6.07, 6.45) is 6.90. The van der Waals surface area contributed by atoms with Gasteiger partial charge in [-0.1, -0.05) is 32.9 Å². The molecule has 3 heterocycles. The largest absolute Gasteiger partial charge is 0.424 e. The van der Waals surface area contributed by atoms with E-state index in [4.69, 9.17) is 4.74 Å². The molecule has 1 N–H and O–H groups in total. The van der Waals surface area contributed by atoms with Gasteiger partial charge in [0.25, 0.3) is 0 Å². The number of aromatic nitrogens is 2. The quantitative estimate of drug-likeness (QED) is 0.772. The molecule has 2 atom stereocenters. The highest BCUT2D eigenvalue weighted by molar-refractivity contribution is 6.01. The fourth-order valence-electron chi connectivity index (χ4n) is 5.16. The van der Waals surface area contributed by atoms with Crippen molar-refractivity contribution in [3.63, 3.8) is 0 Å². The van der Waals surface area contributed by atoms with E-state index in [1.165, 1.54) is 0 Å².